The highest BCUT2D eigenvalue weighted by atomic mass is 35.5. The maximum atomic E-state index is 13.8. The van der Waals surface area contributed by atoms with Gasteiger partial charge in [-0.2, -0.15) is 31.4 Å². The van der Waals surface area contributed by atoms with E-state index in [-0.39, 0.29) is 41.9 Å². The molecular formula is C27H22ClF6N5O4. The Morgan fingerprint density at radius 2 is 1.79 bits per heavy atom. The van der Waals surface area contributed by atoms with Gasteiger partial charge in [0.25, 0.3) is 11.8 Å². The molecule has 9 nitrogen and oxygen atoms in total. The Hall–Kier alpha value is -4.14. The third-order valence-electron chi connectivity index (χ3n) is 7.66. The second kappa shape index (κ2) is 10.5. The number of fused-ring (bicyclic) bond motifs is 3. The number of halogens is 7. The number of alkyl halides is 6. The van der Waals surface area contributed by atoms with Gasteiger partial charge in [-0.25, -0.2) is 9.48 Å². The van der Waals surface area contributed by atoms with Crippen LogP contribution in [0.15, 0.2) is 36.5 Å². The molecule has 3 atom stereocenters. The molecule has 2 aliphatic heterocycles. The van der Waals surface area contributed by atoms with Gasteiger partial charge >= 0.3 is 18.3 Å². The van der Waals surface area contributed by atoms with Crippen LogP contribution in [-0.2, 0) is 30.1 Å². The summed E-state index contributed by atoms with van der Waals surface area (Å²) in [5.41, 5.74) is -1.92. The summed E-state index contributed by atoms with van der Waals surface area (Å²) in [4.78, 5) is 45.4. The highest BCUT2D eigenvalue weighted by Crippen LogP contribution is 2.38. The van der Waals surface area contributed by atoms with Crippen LogP contribution < -0.4 is 0 Å². The van der Waals surface area contributed by atoms with Crippen LogP contribution in [0.4, 0.5) is 26.3 Å². The maximum absolute atomic E-state index is 13.8. The van der Waals surface area contributed by atoms with Crippen LogP contribution in [0.3, 0.4) is 0 Å². The van der Waals surface area contributed by atoms with Gasteiger partial charge in [-0.15, -0.1) is 0 Å². The number of aromatic nitrogens is 3. The van der Waals surface area contributed by atoms with Crippen molar-refractivity contribution in [2.75, 3.05) is 6.54 Å². The lowest BCUT2D eigenvalue weighted by atomic mass is 9.96. The Balaban J connectivity index is 1.50. The first-order valence-corrected chi connectivity index (χ1v) is 13.2. The van der Waals surface area contributed by atoms with E-state index in [0.29, 0.717) is 11.8 Å². The molecule has 4 heterocycles. The molecule has 0 fully saturated rings. The molecule has 5 rings (SSSR count). The van der Waals surface area contributed by atoms with E-state index < -0.39 is 64.5 Å². The smallest absolute Gasteiger partial charge is 0.433 e. The van der Waals surface area contributed by atoms with Gasteiger partial charge in [0.15, 0.2) is 6.04 Å². The van der Waals surface area contributed by atoms with E-state index in [2.05, 4.69) is 10.1 Å². The van der Waals surface area contributed by atoms with Crippen LogP contribution in [-0.4, -0.2) is 60.0 Å². The fourth-order valence-electron chi connectivity index (χ4n) is 5.33. The first kappa shape index (κ1) is 30.3. The first-order chi connectivity index (χ1) is 20.0. The molecule has 16 heteroatoms. The molecule has 0 bridgehead atoms. The summed E-state index contributed by atoms with van der Waals surface area (Å²) in [6.45, 7) is 2.54. The van der Waals surface area contributed by atoms with E-state index in [4.69, 9.17) is 11.6 Å². The van der Waals surface area contributed by atoms with Crippen molar-refractivity contribution in [1.29, 1.82) is 0 Å². The molecule has 0 saturated heterocycles. The Bertz CT molecular complexity index is 1620. The van der Waals surface area contributed by atoms with Gasteiger partial charge in [-0.3, -0.25) is 14.6 Å². The number of carboxylic acids is 1. The summed E-state index contributed by atoms with van der Waals surface area (Å²) < 4.78 is 80.3. The number of carbonyl (C=O) groups excluding carboxylic acids is 2. The average molecular weight is 630 g/mol. The second-order valence-corrected chi connectivity index (χ2v) is 10.8. The lowest BCUT2D eigenvalue weighted by Gasteiger charge is -2.37. The van der Waals surface area contributed by atoms with Crippen LogP contribution in [0.1, 0.15) is 74.9 Å². The van der Waals surface area contributed by atoms with Crippen molar-refractivity contribution in [2.24, 2.45) is 0 Å². The third kappa shape index (κ3) is 5.41. The lowest BCUT2D eigenvalue weighted by Crippen LogP contribution is -2.47. The third-order valence-corrected chi connectivity index (χ3v) is 7.99. The standard InChI is InChI=1S/C27H22ClF6N5O4/c1-12-7-19-16(10-37(12)23(40)14-3-5-18(28)17(8-14)26(29,30)31)22-24(41)38(11-20(25(42)43)39(22)36-19)13(2)15-4-6-21(35-9-15)27(32,33)34/h3-6,8-9,12-13,20H,7,10-11H2,1-2H3,(H,42,43)/t12-,13?,20+/m1/s1. The van der Waals surface area contributed by atoms with Gasteiger partial charge in [0.2, 0.25) is 0 Å². The Labute approximate surface area is 244 Å². The molecule has 0 aliphatic carbocycles. The molecule has 3 aromatic rings. The Morgan fingerprint density at radius 1 is 1.09 bits per heavy atom. The zero-order valence-electron chi connectivity index (χ0n) is 22.4. The Morgan fingerprint density at radius 3 is 2.37 bits per heavy atom. The molecule has 2 amide bonds. The number of hydrogen-bond acceptors (Lipinski definition) is 5. The van der Waals surface area contributed by atoms with Crippen molar-refractivity contribution >= 4 is 29.4 Å². The zero-order chi connectivity index (χ0) is 31.6. The molecule has 2 aliphatic rings. The highest BCUT2D eigenvalue weighted by Gasteiger charge is 2.44. The number of carboxylic acid groups (broad SMARTS) is 1. The summed E-state index contributed by atoms with van der Waals surface area (Å²) in [6, 6.07) is 1.85. The van der Waals surface area contributed by atoms with Gasteiger partial charge in [-0.1, -0.05) is 17.7 Å². The number of carbonyl (C=O) groups is 3. The molecule has 0 saturated carbocycles. The number of rotatable bonds is 4. The van der Waals surface area contributed by atoms with Gasteiger partial charge < -0.3 is 14.9 Å². The molecule has 0 radical (unpaired) electrons. The molecular weight excluding hydrogens is 608 g/mol. The number of aliphatic carboxylic acids is 1. The van der Waals surface area contributed by atoms with Crippen molar-refractivity contribution in [3.63, 3.8) is 0 Å². The van der Waals surface area contributed by atoms with Gasteiger partial charge in [0.05, 0.1) is 35.4 Å². The molecule has 228 valence electrons. The average Bonchev–Trinajstić information content (AvgIpc) is 3.29. The number of pyridine rings is 1. The molecule has 1 unspecified atom stereocenters. The molecule has 43 heavy (non-hydrogen) atoms. The van der Waals surface area contributed by atoms with Crippen molar-refractivity contribution in [3.8, 4) is 0 Å². The van der Waals surface area contributed by atoms with Gasteiger partial charge in [-0.05, 0) is 43.7 Å². The van der Waals surface area contributed by atoms with E-state index in [1.807, 2.05) is 0 Å². The summed E-state index contributed by atoms with van der Waals surface area (Å²) in [6.07, 6.45) is -8.44. The van der Waals surface area contributed by atoms with Crippen LogP contribution in [0.25, 0.3) is 0 Å². The van der Waals surface area contributed by atoms with Crippen molar-refractivity contribution in [1.82, 2.24) is 24.6 Å². The SMILES string of the molecule is CC(c1ccc(C(F)(F)F)nc1)N1C[C@@H](C(=O)O)n2nc3c(c2C1=O)CN(C(=O)c1ccc(Cl)c(C(F)(F)F)c1)[C@H](C)C3. The van der Waals surface area contributed by atoms with Crippen LogP contribution in [0.5, 0.6) is 0 Å². The number of benzene rings is 1. The van der Waals surface area contributed by atoms with Crippen molar-refractivity contribution in [3.05, 3.63) is 80.9 Å². The van der Waals surface area contributed by atoms with E-state index in [1.54, 1.807) is 6.92 Å². The number of amides is 2. The molecule has 2 aromatic heterocycles. The summed E-state index contributed by atoms with van der Waals surface area (Å²) >= 11 is 5.70. The van der Waals surface area contributed by atoms with Crippen LogP contribution in [0, 0.1) is 0 Å². The van der Waals surface area contributed by atoms with Crippen molar-refractivity contribution < 1.29 is 45.8 Å². The fraction of sp³-hybridized carbons (Fsp3) is 0.370. The lowest BCUT2D eigenvalue weighted by molar-refractivity contribution is -0.142. The van der Waals surface area contributed by atoms with Crippen LogP contribution >= 0.6 is 11.6 Å². The summed E-state index contributed by atoms with van der Waals surface area (Å²) in [5, 5.41) is 13.8. The molecule has 1 aromatic carbocycles. The van der Waals surface area contributed by atoms with Gasteiger partial charge in [0, 0.05) is 29.8 Å². The quantitative estimate of drug-likeness (QED) is 0.387. The minimum absolute atomic E-state index is 0.0821. The predicted molar refractivity (Wildman–Crippen MR) is 137 cm³/mol. The van der Waals surface area contributed by atoms with Crippen LogP contribution in [0.2, 0.25) is 5.02 Å². The number of hydrogen-bond donors (Lipinski definition) is 1. The van der Waals surface area contributed by atoms with E-state index in [0.717, 1.165) is 35.1 Å². The minimum Gasteiger partial charge on any atom is -0.480 e. The molecule has 1 N–H and O–H groups in total. The van der Waals surface area contributed by atoms with Gasteiger partial charge in [0.1, 0.15) is 11.4 Å². The zero-order valence-corrected chi connectivity index (χ0v) is 23.1. The summed E-state index contributed by atoms with van der Waals surface area (Å²) in [7, 11) is 0. The minimum atomic E-state index is -4.81. The number of nitrogens with zero attached hydrogens (tertiary/aromatic N) is 5. The van der Waals surface area contributed by atoms with E-state index in [9.17, 15) is 45.8 Å². The largest absolute Gasteiger partial charge is 0.480 e. The van der Waals surface area contributed by atoms with E-state index in [1.165, 1.54) is 16.7 Å². The highest BCUT2D eigenvalue weighted by molar-refractivity contribution is 6.31. The Kier molecular flexibility index (Phi) is 7.43. The topological polar surface area (TPSA) is 109 Å². The van der Waals surface area contributed by atoms with E-state index >= 15 is 0 Å². The first-order valence-electron chi connectivity index (χ1n) is 12.8. The van der Waals surface area contributed by atoms with Crippen molar-refractivity contribution in [2.45, 2.75) is 57.3 Å². The molecule has 0 spiro atoms. The fourth-order valence-corrected chi connectivity index (χ4v) is 5.55. The summed E-state index contributed by atoms with van der Waals surface area (Å²) in [5.74, 6) is -2.76. The predicted octanol–water partition coefficient (Wildman–Crippen LogP) is 5.40. The monoisotopic (exact) mass is 629 g/mol. The normalized spacial score (nSPS) is 19.6. The second-order valence-electron chi connectivity index (χ2n) is 10.4. The maximum Gasteiger partial charge on any atom is 0.433 e.